The first-order valence-electron chi connectivity index (χ1n) is 5.18. The molecule has 1 aromatic carbocycles. The third-order valence-electron chi connectivity index (χ3n) is 2.45. The minimum atomic E-state index is -4.91. The van der Waals surface area contributed by atoms with Gasteiger partial charge in [-0.05, 0) is 12.1 Å². The van der Waals surface area contributed by atoms with Crippen molar-refractivity contribution in [3.8, 4) is 11.9 Å². The summed E-state index contributed by atoms with van der Waals surface area (Å²) in [5.41, 5.74) is -1.97. The monoisotopic (exact) mass is 322 g/mol. The predicted molar refractivity (Wildman–Crippen MR) is 65.3 cm³/mol. The Kier molecular flexibility index (Phi) is 4.48. The summed E-state index contributed by atoms with van der Waals surface area (Å²) in [7, 11) is -2.88. The maximum Gasteiger partial charge on any atom is 0.417 e. The topological polar surface area (TPSA) is 99.8 Å². The summed E-state index contributed by atoms with van der Waals surface area (Å²) in [6.07, 6.45) is -2.95. The molecule has 0 saturated heterocycles. The van der Waals surface area contributed by atoms with Gasteiger partial charge in [-0.15, -0.1) is 4.36 Å². The Hall–Kier alpha value is -2.28. The minimum absolute atomic E-state index is 0.470. The van der Waals surface area contributed by atoms with Crippen molar-refractivity contribution in [2.75, 3.05) is 13.4 Å². The molecule has 0 aliphatic heterocycles. The number of ether oxygens (including phenoxy) is 1. The van der Waals surface area contributed by atoms with E-state index in [1.54, 1.807) is 0 Å². The molecule has 6 nitrogen and oxygen atoms in total. The van der Waals surface area contributed by atoms with Gasteiger partial charge in [0.25, 0.3) is 0 Å². The lowest BCUT2D eigenvalue weighted by Gasteiger charge is -2.18. The molecule has 0 bridgehead atoms. The maximum absolute atomic E-state index is 13.0. The number of carboxylic acids is 1. The van der Waals surface area contributed by atoms with Gasteiger partial charge in [-0.2, -0.15) is 18.4 Å². The average Bonchev–Trinajstić information content (AvgIpc) is 2.35. The van der Waals surface area contributed by atoms with Crippen molar-refractivity contribution < 1.29 is 32.0 Å². The number of nitriles is 1. The predicted octanol–water partition coefficient (Wildman–Crippen LogP) is 2.35. The van der Waals surface area contributed by atoms with Crippen LogP contribution in [0.3, 0.4) is 0 Å². The van der Waals surface area contributed by atoms with Crippen molar-refractivity contribution >= 4 is 15.7 Å². The lowest BCUT2D eigenvalue weighted by molar-refractivity contribution is -0.140. The summed E-state index contributed by atoms with van der Waals surface area (Å²) < 4.78 is 58.9. The molecular weight excluding hydrogens is 313 g/mol. The fourth-order valence-electron chi connectivity index (χ4n) is 1.66. The molecule has 1 rings (SSSR count). The van der Waals surface area contributed by atoms with Gasteiger partial charge in [0.05, 0.1) is 22.4 Å². The zero-order valence-corrected chi connectivity index (χ0v) is 11.6. The maximum atomic E-state index is 13.0. The van der Waals surface area contributed by atoms with Crippen LogP contribution in [0.2, 0.25) is 0 Å². The zero-order chi connectivity index (χ0) is 16.4. The van der Waals surface area contributed by atoms with E-state index in [0.717, 1.165) is 19.6 Å². The van der Waals surface area contributed by atoms with Gasteiger partial charge in [-0.25, -0.2) is 9.00 Å². The van der Waals surface area contributed by atoms with Gasteiger partial charge >= 0.3 is 12.1 Å². The van der Waals surface area contributed by atoms with Crippen LogP contribution < -0.4 is 4.74 Å². The highest BCUT2D eigenvalue weighted by molar-refractivity contribution is 7.93. The molecule has 0 amide bonds. The lowest BCUT2D eigenvalue weighted by atomic mass is 10.1. The first-order valence-corrected chi connectivity index (χ1v) is 7.10. The van der Waals surface area contributed by atoms with Gasteiger partial charge in [-0.1, -0.05) is 0 Å². The highest BCUT2D eigenvalue weighted by atomic mass is 32.2. The molecule has 0 radical (unpaired) electrons. The standard InChI is InChI=1S/C11H9F3N2O4S/c1-20-8-6(10(17)18)3-4-7(11(12,13)14)9(8)21(2,19)16-5-15/h3-4H,1-2H3,(H,17,18). The number of methoxy groups -OCH3 is 1. The summed E-state index contributed by atoms with van der Waals surface area (Å²) in [5.74, 6) is -2.29. The van der Waals surface area contributed by atoms with Crippen LogP contribution in [0.4, 0.5) is 13.2 Å². The van der Waals surface area contributed by atoms with Crippen LogP contribution in [-0.4, -0.2) is 28.7 Å². The molecule has 0 aromatic heterocycles. The molecular formula is C11H9F3N2O4S. The number of alkyl halides is 3. The molecule has 1 unspecified atom stereocenters. The normalized spacial score (nSPS) is 13.9. The number of carbonyl (C=O) groups is 1. The Morgan fingerprint density at radius 1 is 1.48 bits per heavy atom. The number of carboxylic acid groups (broad SMARTS) is 1. The van der Waals surface area contributed by atoms with E-state index >= 15 is 0 Å². The van der Waals surface area contributed by atoms with Gasteiger partial charge in [0.15, 0.2) is 5.75 Å². The van der Waals surface area contributed by atoms with Gasteiger partial charge in [0.1, 0.15) is 10.5 Å². The third-order valence-corrected chi connectivity index (χ3v) is 4.04. The molecule has 0 heterocycles. The number of halogens is 3. The summed E-state index contributed by atoms with van der Waals surface area (Å²) in [5, 5.41) is 17.4. The van der Waals surface area contributed by atoms with Gasteiger partial charge in [-0.3, -0.25) is 0 Å². The van der Waals surface area contributed by atoms with E-state index in [9.17, 15) is 22.2 Å². The first kappa shape index (κ1) is 16.8. The van der Waals surface area contributed by atoms with Crippen LogP contribution in [0.5, 0.6) is 5.75 Å². The van der Waals surface area contributed by atoms with E-state index < -0.39 is 43.6 Å². The highest BCUT2D eigenvalue weighted by Crippen LogP contribution is 2.41. The fraction of sp³-hybridized carbons (Fsp3) is 0.273. The average molecular weight is 322 g/mol. The summed E-state index contributed by atoms with van der Waals surface area (Å²) in [6, 6.07) is 1.16. The van der Waals surface area contributed by atoms with Crippen LogP contribution in [-0.2, 0) is 15.9 Å². The smallest absolute Gasteiger partial charge is 0.417 e. The molecule has 1 aromatic rings. The Morgan fingerprint density at radius 2 is 2.05 bits per heavy atom. The van der Waals surface area contributed by atoms with E-state index in [1.807, 2.05) is 0 Å². The third kappa shape index (κ3) is 3.25. The molecule has 1 N–H and O–H groups in total. The van der Waals surface area contributed by atoms with E-state index in [-0.39, 0.29) is 0 Å². The number of hydrogen-bond donors (Lipinski definition) is 1. The number of aromatic carboxylic acids is 1. The number of hydrogen-bond acceptors (Lipinski definition) is 5. The van der Waals surface area contributed by atoms with Crippen LogP contribution in [0.1, 0.15) is 15.9 Å². The SMILES string of the molecule is COc1c(C(=O)O)ccc(C(F)(F)F)c1S(C)(=O)=NC#N. The fourth-order valence-corrected chi connectivity index (χ4v) is 3.03. The second-order valence-electron chi connectivity index (χ2n) is 3.82. The molecule has 0 saturated carbocycles. The van der Waals surface area contributed by atoms with Crippen molar-refractivity contribution in [1.82, 2.24) is 0 Å². The van der Waals surface area contributed by atoms with E-state index in [4.69, 9.17) is 10.4 Å². The van der Waals surface area contributed by atoms with Crippen LogP contribution in [0, 0.1) is 11.5 Å². The Bertz CT molecular complexity index is 743. The first-order chi connectivity index (χ1) is 9.56. The Labute approximate surface area is 117 Å². The van der Waals surface area contributed by atoms with Crippen molar-refractivity contribution in [1.29, 1.82) is 5.26 Å². The van der Waals surface area contributed by atoms with Gasteiger partial charge in [0, 0.05) is 6.26 Å². The van der Waals surface area contributed by atoms with Crippen molar-refractivity contribution in [2.24, 2.45) is 4.36 Å². The summed E-state index contributed by atoms with van der Waals surface area (Å²) >= 11 is 0. The quantitative estimate of drug-likeness (QED) is 0.861. The van der Waals surface area contributed by atoms with Gasteiger partial charge < -0.3 is 9.84 Å². The molecule has 0 fully saturated rings. The van der Waals surface area contributed by atoms with Crippen LogP contribution >= 0.6 is 0 Å². The van der Waals surface area contributed by atoms with E-state index in [2.05, 4.69) is 9.10 Å². The number of nitrogens with zero attached hydrogens (tertiary/aromatic N) is 2. The Balaban J connectivity index is 4.00. The van der Waals surface area contributed by atoms with E-state index in [1.165, 1.54) is 0 Å². The van der Waals surface area contributed by atoms with Crippen molar-refractivity contribution in [3.63, 3.8) is 0 Å². The lowest BCUT2D eigenvalue weighted by Crippen LogP contribution is -2.16. The van der Waals surface area contributed by atoms with Crippen LogP contribution in [0.15, 0.2) is 21.4 Å². The van der Waals surface area contributed by atoms with E-state index in [0.29, 0.717) is 12.1 Å². The Morgan fingerprint density at radius 3 is 2.43 bits per heavy atom. The second kappa shape index (κ2) is 5.61. The number of rotatable bonds is 3. The van der Waals surface area contributed by atoms with Crippen molar-refractivity contribution in [3.05, 3.63) is 23.3 Å². The molecule has 0 spiro atoms. The summed E-state index contributed by atoms with van der Waals surface area (Å²) in [4.78, 5) is 10.1. The number of benzene rings is 1. The molecule has 10 heteroatoms. The van der Waals surface area contributed by atoms with Crippen LogP contribution in [0.25, 0.3) is 0 Å². The second-order valence-corrected chi connectivity index (χ2v) is 6.02. The molecule has 114 valence electrons. The largest absolute Gasteiger partial charge is 0.495 e. The summed E-state index contributed by atoms with van der Waals surface area (Å²) in [6.45, 7) is 0. The van der Waals surface area contributed by atoms with Crippen molar-refractivity contribution in [2.45, 2.75) is 11.1 Å². The highest BCUT2D eigenvalue weighted by Gasteiger charge is 2.39. The molecule has 21 heavy (non-hydrogen) atoms. The molecule has 0 aliphatic rings. The molecule has 0 aliphatic carbocycles. The zero-order valence-electron chi connectivity index (χ0n) is 10.8. The minimum Gasteiger partial charge on any atom is -0.495 e. The van der Waals surface area contributed by atoms with Gasteiger partial charge in [0.2, 0.25) is 6.19 Å². The molecule has 1 atom stereocenters.